The average molecular weight is 446 g/mol. The van der Waals surface area contributed by atoms with E-state index in [1.807, 2.05) is 42.7 Å². The van der Waals surface area contributed by atoms with Gasteiger partial charge in [-0.1, -0.05) is 31.0 Å². The summed E-state index contributed by atoms with van der Waals surface area (Å²) in [6, 6.07) is 7.45. The third kappa shape index (κ3) is 6.00. The summed E-state index contributed by atoms with van der Waals surface area (Å²) in [4.78, 5) is 24.8. The topological polar surface area (TPSA) is 98.1 Å². The fourth-order valence-corrected chi connectivity index (χ4v) is 4.63. The summed E-state index contributed by atoms with van der Waals surface area (Å²) in [5.41, 5.74) is 0.915. The van der Waals surface area contributed by atoms with Crippen LogP contribution in [0.5, 0.6) is 5.75 Å². The molecule has 1 aromatic heterocycles. The molecule has 1 atom stereocenters. The van der Waals surface area contributed by atoms with Crippen molar-refractivity contribution < 1.29 is 14.3 Å². The summed E-state index contributed by atoms with van der Waals surface area (Å²) in [6.45, 7) is 5.85. The number of nitrogens with zero attached hydrogens (tertiary/aromatic N) is 3. The number of carbonyl (C=O) groups is 2. The summed E-state index contributed by atoms with van der Waals surface area (Å²) in [5, 5.41) is 14.2. The number of urea groups is 1. The molecular weight excluding hydrogens is 414 g/mol. The van der Waals surface area contributed by atoms with Crippen LogP contribution in [0.1, 0.15) is 58.9 Å². The first kappa shape index (κ1) is 23.1. The van der Waals surface area contributed by atoms with Gasteiger partial charge in [-0.05, 0) is 57.9 Å². The smallest absolute Gasteiger partial charge is 0.321 e. The number of rotatable bonds is 7. The van der Waals surface area contributed by atoms with Crippen LogP contribution in [0.2, 0.25) is 0 Å². The molecule has 1 saturated carbocycles. The van der Waals surface area contributed by atoms with Gasteiger partial charge in [0.15, 0.2) is 11.0 Å². The third-order valence-electron chi connectivity index (χ3n) is 5.36. The maximum absolute atomic E-state index is 12.6. The molecule has 1 aliphatic rings. The second-order valence-electron chi connectivity index (χ2n) is 8.06. The molecule has 1 aromatic carbocycles. The fraction of sp³-hybridized carbons (Fsp3) is 0.545. The average Bonchev–Trinajstić information content (AvgIpc) is 3.18. The lowest BCUT2D eigenvalue weighted by Gasteiger charge is -2.23. The predicted octanol–water partition coefficient (Wildman–Crippen LogP) is 4.17. The molecule has 3 rings (SSSR count). The number of ether oxygens (including phenoxy) is 1. The number of methoxy groups -OCH3 is 1. The van der Waals surface area contributed by atoms with E-state index in [0.29, 0.717) is 5.16 Å². The molecule has 0 aliphatic heterocycles. The molecular formula is C22H31N5O3S. The molecule has 9 heteroatoms. The zero-order valence-electron chi connectivity index (χ0n) is 18.6. The Balaban J connectivity index is 1.65. The zero-order valence-corrected chi connectivity index (χ0v) is 19.4. The Morgan fingerprint density at radius 2 is 1.77 bits per heavy atom. The van der Waals surface area contributed by atoms with Crippen molar-refractivity contribution in [2.45, 2.75) is 75.4 Å². The second kappa shape index (κ2) is 10.7. The standard InChI is InChI=1S/C22H31N5O3S/c1-14(2)27-19(16-10-12-18(30-4)13-11-16)25-26-22(27)31-15(3)20(28)24-21(29)23-17-8-6-5-7-9-17/h10-15,17H,5-9H2,1-4H3,(H2,23,24,28,29)/t15-/m0/s1. The first-order chi connectivity index (χ1) is 14.9. The lowest BCUT2D eigenvalue weighted by molar-refractivity contribution is -0.119. The minimum atomic E-state index is -0.498. The van der Waals surface area contributed by atoms with Crippen molar-refractivity contribution in [2.24, 2.45) is 0 Å². The van der Waals surface area contributed by atoms with E-state index in [9.17, 15) is 9.59 Å². The molecule has 0 radical (unpaired) electrons. The molecule has 8 nitrogen and oxygen atoms in total. The van der Waals surface area contributed by atoms with Gasteiger partial charge in [0.05, 0.1) is 12.4 Å². The van der Waals surface area contributed by atoms with Gasteiger partial charge < -0.3 is 10.1 Å². The van der Waals surface area contributed by atoms with E-state index >= 15 is 0 Å². The van der Waals surface area contributed by atoms with Crippen molar-refractivity contribution >= 4 is 23.7 Å². The quantitative estimate of drug-likeness (QED) is 0.621. The molecule has 2 N–H and O–H groups in total. The molecule has 0 spiro atoms. The molecule has 2 aromatic rings. The van der Waals surface area contributed by atoms with Crippen molar-refractivity contribution in [1.29, 1.82) is 0 Å². The predicted molar refractivity (Wildman–Crippen MR) is 121 cm³/mol. The Morgan fingerprint density at radius 1 is 1.10 bits per heavy atom. The molecule has 1 aliphatic carbocycles. The van der Waals surface area contributed by atoms with Crippen molar-refractivity contribution in [3.63, 3.8) is 0 Å². The molecule has 1 heterocycles. The number of benzene rings is 1. The number of thioether (sulfide) groups is 1. The van der Waals surface area contributed by atoms with E-state index in [1.54, 1.807) is 14.0 Å². The largest absolute Gasteiger partial charge is 0.497 e. The monoisotopic (exact) mass is 445 g/mol. The van der Waals surface area contributed by atoms with Crippen LogP contribution in [0.3, 0.4) is 0 Å². The Bertz CT molecular complexity index is 891. The maximum Gasteiger partial charge on any atom is 0.321 e. The van der Waals surface area contributed by atoms with E-state index in [-0.39, 0.29) is 18.0 Å². The molecule has 0 saturated heterocycles. The SMILES string of the molecule is COc1ccc(-c2nnc(S[C@@H](C)C(=O)NC(=O)NC3CCCCC3)n2C(C)C)cc1. The first-order valence-corrected chi connectivity index (χ1v) is 11.6. The van der Waals surface area contributed by atoms with Gasteiger partial charge in [-0.2, -0.15) is 0 Å². The summed E-state index contributed by atoms with van der Waals surface area (Å²) in [5.74, 6) is 1.15. The first-order valence-electron chi connectivity index (χ1n) is 10.8. The minimum Gasteiger partial charge on any atom is -0.497 e. The summed E-state index contributed by atoms with van der Waals surface area (Å²) in [6.07, 6.45) is 5.38. The van der Waals surface area contributed by atoms with Crippen molar-refractivity contribution in [3.05, 3.63) is 24.3 Å². The van der Waals surface area contributed by atoms with Gasteiger partial charge in [0.25, 0.3) is 0 Å². The van der Waals surface area contributed by atoms with Gasteiger partial charge in [0, 0.05) is 17.6 Å². The summed E-state index contributed by atoms with van der Waals surface area (Å²) < 4.78 is 7.22. The Morgan fingerprint density at radius 3 is 2.39 bits per heavy atom. The molecule has 168 valence electrons. The Hall–Kier alpha value is -2.55. The minimum absolute atomic E-state index is 0.0967. The van der Waals surface area contributed by atoms with Crippen LogP contribution < -0.4 is 15.4 Å². The Kier molecular flexibility index (Phi) is 7.95. The van der Waals surface area contributed by atoms with Crippen LogP contribution in [-0.2, 0) is 4.79 Å². The number of nitrogens with one attached hydrogen (secondary N) is 2. The summed E-state index contributed by atoms with van der Waals surface area (Å²) in [7, 11) is 1.63. The molecule has 0 unspecified atom stereocenters. The van der Waals surface area contributed by atoms with E-state index in [1.165, 1.54) is 18.2 Å². The molecule has 31 heavy (non-hydrogen) atoms. The maximum atomic E-state index is 12.6. The number of hydrogen-bond acceptors (Lipinski definition) is 6. The van der Waals surface area contributed by atoms with Crippen LogP contribution >= 0.6 is 11.8 Å². The lowest BCUT2D eigenvalue weighted by atomic mass is 9.96. The van der Waals surface area contributed by atoms with E-state index in [0.717, 1.165) is 42.8 Å². The van der Waals surface area contributed by atoms with Gasteiger partial charge in [-0.15, -0.1) is 10.2 Å². The Labute approximate surface area is 187 Å². The number of hydrogen-bond donors (Lipinski definition) is 2. The lowest BCUT2D eigenvalue weighted by Crippen LogP contribution is -2.47. The van der Waals surface area contributed by atoms with Crippen LogP contribution in [0.25, 0.3) is 11.4 Å². The van der Waals surface area contributed by atoms with Crippen LogP contribution in [-0.4, -0.2) is 45.1 Å². The van der Waals surface area contributed by atoms with E-state index in [4.69, 9.17) is 4.74 Å². The van der Waals surface area contributed by atoms with E-state index < -0.39 is 11.3 Å². The zero-order chi connectivity index (χ0) is 22.4. The number of amides is 3. The van der Waals surface area contributed by atoms with Crippen molar-refractivity contribution in [2.75, 3.05) is 7.11 Å². The normalized spacial score (nSPS) is 15.5. The summed E-state index contributed by atoms with van der Waals surface area (Å²) >= 11 is 1.29. The fourth-order valence-electron chi connectivity index (χ4n) is 3.65. The molecule has 1 fully saturated rings. The van der Waals surface area contributed by atoms with Crippen LogP contribution in [0.4, 0.5) is 4.79 Å². The number of aromatic nitrogens is 3. The van der Waals surface area contributed by atoms with Crippen LogP contribution in [0, 0.1) is 0 Å². The second-order valence-corrected chi connectivity index (χ2v) is 9.36. The number of carbonyl (C=O) groups excluding carboxylic acids is 2. The molecule has 3 amide bonds. The van der Waals surface area contributed by atoms with Gasteiger partial charge in [-0.3, -0.25) is 14.7 Å². The van der Waals surface area contributed by atoms with E-state index in [2.05, 4.69) is 20.8 Å². The van der Waals surface area contributed by atoms with Gasteiger partial charge in [0.2, 0.25) is 5.91 Å². The van der Waals surface area contributed by atoms with Gasteiger partial charge in [0.1, 0.15) is 5.75 Å². The number of imide groups is 1. The van der Waals surface area contributed by atoms with Crippen molar-refractivity contribution in [1.82, 2.24) is 25.4 Å². The van der Waals surface area contributed by atoms with Crippen molar-refractivity contribution in [3.8, 4) is 17.1 Å². The third-order valence-corrected chi connectivity index (χ3v) is 6.41. The van der Waals surface area contributed by atoms with Gasteiger partial charge >= 0.3 is 6.03 Å². The highest BCUT2D eigenvalue weighted by Crippen LogP contribution is 2.30. The van der Waals surface area contributed by atoms with Crippen LogP contribution in [0.15, 0.2) is 29.4 Å². The molecule has 0 bridgehead atoms. The highest BCUT2D eigenvalue weighted by molar-refractivity contribution is 8.00. The highest BCUT2D eigenvalue weighted by atomic mass is 32.2. The van der Waals surface area contributed by atoms with Gasteiger partial charge in [-0.25, -0.2) is 4.79 Å². The highest BCUT2D eigenvalue weighted by Gasteiger charge is 2.24.